The van der Waals surface area contributed by atoms with Crippen LogP contribution in [0.4, 0.5) is 17.3 Å². The molecule has 0 radical (unpaired) electrons. The summed E-state index contributed by atoms with van der Waals surface area (Å²) in [5, 5.41) is 16.7. The Kier molecular flexibility index (Phi) is 3.88. The van der Waals surface area contributed by atoms with Crippen LogP contribution in [0.2, 0.25) is 0 Å². The van der Waals surface area contributed by atoms with Crippen molar-refractivity contribution in [2.24, 2.45) is 5.92 Å². The predicted molar refractivity (Wildman–Crippen MR) is 65.6 cm³/mol. The van der Waals surface area contributed by atoms with Gasteiger partial charge in [-0.1, -0.05) is 0 Å². The first-order valence-electron chi connectivity index (χ1n) is 5.71. The van der Waals surface area contributed by atoms with E-state index in [-0.39, 0.29) is 17.3 Å². The van der Waals surface area contributed by atoms with Gasteiger partial charge in [0.1, 0.15) is 6.33 Å². The number of aromatic nitrogens is 2. The SMILES string of the molecule is CNc1ncnc(NCC2CCOC2)c1[N+](=O)[O-]. The zero-order chi connectivity index (χ0) is 13.0. The highest BCUT2D eigenvalue weighted by atomic mass is 16.6. The summed E-state index contributed by atoms with van der Waals surface area (Å²) in [5.41, 5.74) is -0.126. The van der Waals surface area contributed by atoms with E-state index in [1.807, 2.05) is 0 Å². The summed E-state index contributed by atoms with van der Waals surface area (Å²) < 4.78 is 5.25. The van der Waals surface area contributed by atoms with Gasteiger partial charge in [-0.05, 0) is 6.42 Å². The second-order valence-corrected chi connectivity index (χ2v) is 4.04. The first kappa shape index (κ1) is 12.5. The lowest BCUT2D eigenvalue weighted by Gasteiger charge is -2.11. The normalized spacial score (nSPS) is 18.6. The number of nitrogens with one attached hydrogen (secondary N) is 2. The van der Waals surface area contributed by atoms with E-state index in [1.165, 1.54) is 6.33 Å². The minimum atomic E-state index is -0.487. The van der Waals surface area contributed by atoms with E-state index in [4.69, 9.17) is 4.74 Å². The summed E-state index contributed by atoms with van der Waals surface area (Å²) >= 11 is 0. The van der Waals surface area contributed by atoms with Crippen molar-refractivity contribution in [3.63, 3.8) is 0 Å². The zero-order valence-electron chi connectivity index (χ0n) is 10.0. The van der Waals surface area contributed by atoms with Gasteiger partial charge >= 0.3 is 5.69 Å². The van der Waals surface area contributed by atoms with Crippen molar-refractivity contribution in [1.82, 2.24) is 9.97 Å². The molecule has 1 fully saturated rings. The van der Waals surface area contributed by atoms with E-state index in [0.717, 1.165) is 13.0 Å². The van der Waals surface area contributed by atoms with Gasteiger partial charge in [-0.3, -0.25) is 10.1 Å². The molecule has 0 amide bonds. The van der Waals surface area contributed by atoms with Crippen LogP contribution in [0.5, 0.6) is 0 Å². The van der Waals surface area contributed by atoms with Crippen LogP contribution in [-0.2, 0) is 4.74 Å². The third-order valence-electron chi connectivity index (χ3n) is 2.82. The molecule has 2 N–H and O–H groups in total. The number of ether oxygens (including phenoxy) is 1. The van der Waals surface area contributed by atoms with Crippen LogP contribution in [0.3, 0.4) is 0 Å². The van der Waals surface area contributed by atoms with Crippen LogP contribution >= 0.6 is 0 Å². The molecule has 8 nitrogen and oxygen atoms in total. The van der Waals surface area contributed by atoms with Crippen LogP contribution in [0.25, 0.3) is 0 Å². The highest BCUT2D eigenvalue weighted by Gasteiger charge is 2.23. The maximum absolute atomic E-state index is 11.0. The topological polar surface area (TPSA) is 102 Å². The number of rotatable bonds is 5. The molecule has 0 aromatic carbocycles. The van der Waals surface area contributed by atoms with Gasteiger partial charge in [-0.25, -0.2) is 9.97 Å². The van der Waals surface area contributed by atoms with Gasteiger partial charge in [0, 0.05) is 26.1 Å². The van der Waals surface area contributed by atoms with E-state index in [9.17, 15) is 10.1 Å². The van der Waals surface area contributed by atoms with E-state index >= 15 is 0 Å². The van der Waals surface area contributed by atoms with Gasteiger partial charge in [-0.15, -0.1) is 0 Å². The Morgan fingerprint density at radius 2 is 2.33 bits per heavy atom. The predicted octanol–water partition coefficient (Wildman–Crippen LogP) is 0.875. The minimum absolute atomic E-state index is 0.126. The van der Waals surface area contributed by atoms with Crippen LogP contribution in [0.15, 0.2) is 6.33 Å². The second kappa shape index (κ2) is 5.58. The fraction of sp³-hybridized carbons (Fsp3) is 0.600. The Labute approximate surface area is 104 Å². The Bertz CT molecular complexity index is 434. The Morgan fingerprint density at radius 1 is 1.56 bits per heavy atom. The van der Waals surface area contributed by atoms with Gasteiger partial charge in [-0.2, -0.15) is 0 Å². The summed E-state index contributed by atoms with van der Waals surface area (Å²) in [7, 11) is 1.59. The first-order valence-corrected chi connectivity index (χ1v) is 5.71. The van der Waals surface area contributed by atoms with Crippen molar-refractivity contribution in [3.05, 3.63) is 16.4 Å². The molecule has 8 heteroatoms. The average molecular weight is 253 g/mol. The van der Waals surface area contributed by atoms with Gasteiger partial charge in [0.15, 0.2) is 0 Å². The van der Waals surface area contributed by atoms with Crippen LogP contribution in [0.1, 0.15) is 6.42 Å². The molecule has 0 spiro atoms. The quantitative estimate of drug-likeness (QED) is 0.593. The molecule has 1 aromatic rings. The average Bonchev–Trinajstić information content (AvgIpc) is 2.88. The number of hydrogen-bond donors (Lipinski definition) is 2. The molecule has 2 rings (SSSR count). The number of nitro groups is 1. The molecule has 1 aliphatic heterocycles. The second-order valence-electron chi connectivity index (χ2n) is 4.04. The Morgan fingerprint density at radius 3 is 2.94 bits per heavy atom. The highest BCUT2D eigenvalue weighted by Crippen LogP contribution is 2.28. The standard InChI is InChI=1S/C10H15N5O3/c1-11-9-8(15(16)17)10(14-6-13-9)12-4-7-2-3-18-5-7/h6-7H,2-5H2,1H3,(H2,11,12,13,14). The lowest BCUT2D eigenvalue weighted by atomic mass is 10.1. The Hall–Kier alpha value is -1.96. The molecule has 98 valence electrons. The van der Waals surface area contributed by atoms with Crippen molar-refractivity contribution in [3.8, 4) is 0 Å². The van der Waals surface area contributed by atoms with Crippen molar-refractivity contribution in [1.29, 1.82) is 0 Å². The third kappa shape index (κ3) is 2.65. The highest BCUT2D eigenvalue weighted by molar-refractivity contribution is 5.68. The van der Waals surface area contributed by atoms with Crippen molar-refractivity contribution >= 4 is 17.3 Å². The summed E-state index contributed by atoms with van der Waals surface area (Å²) in [6.45, 7) is 2.05. The molecule has 18 heavy (non-hydrogen) atoms. The van der Waals surface area contributed by atoms with Crippen molar-refractivity contribution in [2.75, 3.05) is 37.4 Å². The molecular formula is C10H15N5O3. The summed E-state index contributed by atoms with van der Waals surface area (Å²) in [5.74, 6) is 0.823. The Balaban J connectivity index is 2.13. The molecule has 0 aliphatic carbocycles. The monoisotopic (exact) mass is 253 g/mol. The van der Waals surface area contributed by atoms with E-state index in [0.29, 0.717) is 19.1 Å². The lowest BCUT2D eigenvalue weighted by Crippen LogP contribution is -2.16. The third-order valence-corrected chi connectivity index (χ3v) is 2.82. The largest absolute Gasteiger partial charge is 0.381 e. The van der Waals surface area contributed by atoms with Crippen LogP contribution < -0.4 is 10.6 Å². The molecular weight excluding hydrogens is 238 g/mol. The molecule has 1 aliphatic rings. The zero-order valence-corrected chi connectivity index (χ0v) is 10.0. The summed E-state index contributed by atoms with van der Waals surface area (Å²) in [6, 6.07) is 0. The van der Waals surface area contributed by atoms with E-state index < -0.39 is 4.92 Å². The molecule has 0 saturated carbocycles. The minimum Gasteiger partial charge on any atom is -0.381 e. The number of anilines is 2. The van der Waals surface area contributed by atoms with Gasteiger partial charge in [0.25, 0.3) is 0 Å². The fourth-order valence-electron chi connectivity index (χ4n) is 1.85. The molecule has 2 heterocycles. The summed E-state index contributed by atoms with van der Waals surface area (Å²) in [6.07, 6.45) is 2.26. The van der Waals surface area contributed by atoms with Crippen molar-refractivity contribution in [2.45, 2.75) is 6.42 Å². The molecule has 1 aromatic heterocycles. The maximum Gasteiger partial charge on any atom is 0.353 e. The van der Waals surface area contributed by atoms with Crippen LogP contribution in [-0.4, -0.2) is 41.7 Å². The van der Waals surface area contributed by atoms with Crippen molar-refractivity contribution < 1.29 is 9.66 Å². The first-order chi connectivity index (χ1) is 8.72. The van der Waals surface area contributed by atoms with Gasteiger partial charge in [0.05, 0.1) is 11.5 Å². The smallest absolute Gasteiger partial charge is 0.353 e. The lowest BCUT2D eigenvalue weighted by molar-refractivity contribution is -0.383. The number of nitrogens with zero attached hydrogens (tertiary/aromatic N) is 3. The fourth-order valence-corrected chi connectivity index (χ4v) is 1.85. The van der Waals surface area contributed by atoms with E-state index in [1.54, 1.807) is 7.05 Å². The van der Waals surface area contributed by atoms with E-state index in [2.05, 4.69) is 20.6 Å². The number of hydrogen-bond acceptors (Lipinski definition) is 7. The molecule has 1 atom stereocenters. The van der Waals surface area contributed by atoms with Gasteiger partial charge in [0.2, 0.25) is 11.6 Å². The summed E-state index contributed by atoms with van der Waals surface area (Å²) in [4.78, 5) is 18.3. The maximum atomic E-state index is 11.0. The van der Waals surface area contributed by atoms with Crippen LogP contribution in [0, 0.1) is 16.0 Å². The molecule has 0 bridgehead atoms. The molecule has 1 unspecified atom stereocenters. The molecule has 1 saturated heterocycles. The van der Waals surface area contributed by atoms with Gasteiger partial charge < -0.3 is 15.4 Å².